The lowest BCUT2D eigenvalue weighted by Crippen LogP contribution is -2.07. The summed E-state index contributed by atoms with van der Waals surface area (Å²) >= 11 is 6.26. The van der Waals surface area contributed by atoms with Crippen molar-refractivity contribution in [3.63, 3.8) is 0 Å². The van der Waals surface area contributed by atoms with Crippen molar-refractivity contribution in [3.05, 3.63) is 64.9 Å². The minimum atomic E-state index is -4.49. The first-order chi connectivity index (χ1) is 13.4. The molecule has 28 heavy (non-hydrogen) atoms. The molecule has 6 nitrogen and oxygen atoms in total. The van der Waals surface area contributed by atoms with Gasteiger partial charge in [-0.3, -0.25) is 0 Å². The zero-order chi connectivity index (χ0) is 19.9. The van der Waals surface area contributed by atoms with Gasteiger partial charge in [0, 0.05) is 5.56 Å². The number of benzene rings is 2. The molecule has 0 N–H and O–H groups in total. The summed E-state index contributed by atoms with van der Waals surface area (Å²) in [6.45, 7) is 1.66. The predicted molar refractivity (Wildman–Crippen MR) is 94.8 cm³/mol. The molecule has 4 rings (SSSR count). The summed E-state index contributed by atoms with van der Waals surface area (Å²) in [4.78, 5) is 0. The molecule has 0 aliphatic rings. The van der Waals surface area contributed by atoms with Gasteiger partial charge >= 0.3 is 6.18 Å². The van der Waals surface area contributed by atoms with Crippen molar-refractivity contribution in [3.8, 4) is 28.3 Å². The predicted octanol–water partition coefficient (Wildman–Crippen LogP) is 4.96. The van der Waals surface area contributed by atoms with Gasteiger partial charge < -0.3 is 4.52 Å². The smallest absolute Gasteiger partial charge is 0.360 e. The molecule has 2 aromatic carbocycles. The Balaban J connectivity index is 1.89. The lowest BCUT2D eigenvalue weighted by molar-refractivity contribution is -0.137. The number of hydrogen-bond acceptors (Lipinski definition) is 5. The third kappa shape index (κ3) is 3.13. The van der Waals surface area contributed by atoms with Crippen LogP contribution in [0.3, 0.4) is 0 Å². The zero-order valence-corrected chi connectivity index (χ0v) is 15.0. The molecule has 0 aliphatic carbocycles. The fourth-order valence-corrected chi connectivity index (χ4v) is 3.03. The number of hydrogen-bond donors (Lipinski definition) is 0. The molecule has 142 valence electrons. The van der Waals surface area contributed by atoms with Crippen LogP contribution in [-0.4, -0.2) is 25.4 Å². The Bertz CT molecular complexity index is 1150. The maximum absolute atomic E-state index is 13.1. The van der Waals surface area contributed by atoms with Crippen molar-refractivity contribution < 1.29 is 17.7 Å². The van der Waals surface area contributed by atoms with E-state index in [0.717, 1.165) is 12.1 Å². The Morgan fingerprint density at radius 2 is 1.86 bits per heavy atom. The van der Waals surface area contributed by atoms with Gasteiger partial charge in [-0.25, -0.2) is 0 Å². The minimum Gasteiger partial charge on any atom is -0.360 e. The van der Waals surface area contributed by atoms with Crippen molar-refractivity contribution >= 4 is 11.6 Å². The Morgan fingerprint density at radius 1 is 1.07 bits per heavy atom. The molecule has 0 spiro atoms. The second kappa shape index (κ2) is 6.75. The van der Waals surface area contributed by atoms with Gasteiger partial charge in [-0.05, 0) is 41.6 Å². The summed E-state index contributed by atoms with van der Waals surface area (Å²) in [6, 6.07) is 11.7. The van der Waals surface area contributed by atoms with E-state index < -0.39 is 11.7 Å². The first-order valence-electron chi connectivity index (χ1n) is 8.04. The second-order valence-corrected chi connectivity index (χ2v) is 6.31. The highest BCUT2D eigenvalue weighted by molar-refractivity contribution is 6.33. The average molecular weight is 406 g/mol. The van der Waals surface area contributed by atoms with Crippen LogP contribution in [0.1, 0.15) is 11.3 Å². The number of aryl methyl sites for hydroxylation is 1. The Morgan fingerprint density at radius 3 is 2.61 bits per heavy atom. The normalized spacial score (nSPS) is 11.8. The number of aromatic nitrogens is 5. The standard InChI is InChI=1S/C18H11ClF3N5O/c1-10-15(16(24-28-10)13-7-2-3-8-14(13)19)17-23-25-26-27(17)12-6-4-5-11(9-12)18(20,21)22/h2-9H,1H3. The third-order valence-corrected chi connectivity index (χ3v) is 4.43. The average Bonchev–Trinajstić information content (AvgIpc) is 3.28. The Hall–Kier alpha value is -3.20. The van der Waals surface area contributed by atoms with E-state index >= 15 is 0 Å². The molecular formula is C18H11ClF3N5O. The first-order valence-corrected chi connectivity index (χ1v) is 8.41. The molecule has 2 aromatic heterocycles. The number of halogens is 4. The topological polar surface area (TPSA) is 69.6 Å². The quantitative estimate of drug-likeness (QED) is 0.481. The van der Waals surface area contributed by atoms with E-state index in [9.17, 15) is 13.2 Å². The van der Waals surface area contributed by atoms with E-state index in [-0.39, 0.29) is 11.5 Å². The van der Waals surface area contributed by atoms with E-state index in [1.54, 1.807) is 31.2 Å². The summed E-state index contributed by atoms with van der Waals surface area (Å²) in [7, 11) is 0. The number of rotatable bonds is 3. The van der Waals surface area contributed by atoms with Crippen LogP contribution in [0.5, 0.6) is 0 Å². The highest BCUT2D eigenvalue weighted by Gasteiger charge is 2.31. The van der Waals surface area contributed by atoms with Gasteiger partial charge in [-0.2, -0.15) is 17.9 Å². The van der Waals surface area contributed by atoms with Gasteiger partial charge in [0.05, 0.1) is 21.8 Å². The second-order valence-electron chi connectivity index (χ2n) is 5.90. The fourth-order valence-electron chi connectivity index (χ4n) is 2.80. The molecule has 0 saturated heterocycles. The molecule has 0 radical (unpaired) electrons. The van der Waals surface area contributed by atoms with Crippen molar-refractivity contribution in [1.82, 2.24) is 25.4 Å². The molecule has 0 fully saturated rings. The van der Waals surface area contributed by atoms with Gasteiger partial charge in [0.1, 0.15) is 11.5 Å². The third-order valence-electron chi connectivity index (χ3n) is 4.10. The van der Waals surface area contributed by atoms with E-state index in [2.05, 4.69) is 20.7 Å². The minimum absolute atomic E-state index is 0.153. The zero-order valence-electron chi connectivity index (χ0n) is 14.3. The van der Waals surface area contributed by atoms with Crippen LogP contribution in [0.2, 0.25) is 5.02 Å². The molecule has 0 amide bonds. The monoisotopic (exact) mass is 405 g/mol. The molecule has 0 unspecified atom stereocenters. The summed E-state index contributed by atoms with van der Waals surface area (Å²) in [5.74, 6) is 0.589. The lowest BCUT2D eigenvalue weighted by Gasteiger charge is -2.10. The molecule has 0 atom stereocenters. The molecule has 4 aromatic rings. The fraction of sp³-hybridized carbons (Fsp3) is 0.111. The number of alkyl halides is 3. The highest BCUT2D eigenvalue weighted by Crippen LogP contribution is 2.37. The van der Waals surface area contributed by atoms with Gasteiger partial charge in [0.15, 0.2) is 5.82 Å². The summed E-state index contributed by atoms with van der Waals surface area (Å²) < 4.78 is 45.7. The summed E-state index contributed by atoms with van der Waals surface area (Å²) in [5.41, 5.74) is 0.775. The summed E-state index contributed by atoms with van der Waals surface area (Å²) in [5, 5.41) is 15.9. The molecule has 0 bridgehead atoms. The van der Waals surface area contributed by atoms with Crippen molar-refractivity contribution in [2.75, 3.05) is 0 Å². The SMILES string of the molecule is Cc1onc(-c2ccccc2Cl)c1-c1nnnn1-c1cccc(C(F)(F)F)c1. The molecule has 0 saturated carbocycles. The lowest BCUT2D eigenvalue weighted by atomic mass is 10.1. The maximum atomic E-state index is 13.1. The van der Waals surface area contributed by atoms with E-state index in [1.807, 2.05) is 0 Å². The van der Waals surface area contributed by atoms with Gasteiger partial charge in [0.25, 0.3) is 0 Å². The van der Waals surface area contributed by atoms with Crippen LogP contribution in [0.4, 0.5) is 13.2 Å². The molecule has 2 heterocycles. The van der Waals surface area contributed by atoms with Gasteiger partial charge in [-0.1, -0.05) is 41.0 Å². The Kier molecular flexibility index (Phi) is 4.38. The van der Waals surface area contributed by atoms with Crippen LogP contribution >= 0.6 is 11.6 Å². The van der Waals surface area contributed by atoms with Crippen molar-refractivity contribution in [2.45, 2.75) is 13.1 Å². The molecular weight excluding hydrogens is 395 g/mol. The largest absolute Gasteiger partial charge is 0.416 e. The van der Waals surface area contributed by atoms with Crippen molar-refractivity contribution in [1.29, 1.82) is 0 Å². The number of nitrogens with zero attached hydrogens (tertiary/aromatic N) is 5. The van der Waals surface area contributed by atoms with Crippen molar-refractivity contribution in [2.24, 2.45) is 0 Å². The first kappa shape index (κ1) is 18.2. The summed E-state index contributed by atoms with van der Waals surface area (Å²) in [6.07, 6.45) is -4.49. The highest BCUT2D eigenvalue weighted by atomic mass is 35.5. The van der Waals surface area contributed by atoms with Gasteiger partial charge in [0.2, 0.25) is 0 Å². The van der Waals surface area contributed by atoms with Gasteiger partial charge in [-0.15, -0.1) is 5.10 Å². The van der Waals surface area contributed by atoms with E-state index in [1.165, 1.54) is 16.8 Å². The molecule has 0 aliphatic heterocycles. The van der Waals surface area contributed by atoms with Crippen LogP contribution < -0.4 is 0 Å². The maximum Gasteiger partial charge on any atom is 0.416 e. The number of tetrazole rings is 1. The van der Waals surface area contributed by atoms with Crippen LogP contribution in [0, 0.1) is 6.92 Å². The van der Waals surface area contributed by atoms with Crippen LogP contribution in [0.15, 0.2) is 53.1 Å². The van der Waals surface area contributed by atoms with Crippen LogP contribution in [0.25, 0.3) is 28.3 Å². The van der Waals surface area contributed by atoms with E-state index in [4.69, 9.17) is 16.1 Å². The van der Waals surface area contributed by atoms with E-state index in [0.29, 0.717) is 27.6 Å². The van der Waals surface area contributed by atoms with Crippen LogP contribution in [-0.2, 0) is 6.18 Å². The Labute approximate surface area is 161 Å². The molecule has 10 heteroatoms.